The normalized spacial score (nSPS) is 67.0. The van der Waals surface area contributed by atoms with Gasteiger partial charge in [0.2, 0.25) is 0 Å². The summed E-state index contributed by atoms with van der Waals surface area (Å²) in [5.41, 5.74) is 0.628. The smallest absolute Gasteiger partial charge is 0.0974 e. The minimum absolute atomic E-state index is 0.235. The molecule has 6 rings (SSSR count). The SMILES string of the molecule is C[C@@H]1[C@@H]2[C@H]3C[C@H]4[C@@H]5[C@@H]3[C@]1(Br)[C@@H]5[C@@](O)(c1ccccc1)[C@@H]42. The highest BCUT2D eigenvalue weighted by Gasteiger charge is 2.91. The molecule has 5 fully saturated rings. The molecule has 0 radical (unpaired) electrons. The molecular weight excluding hydrogens is 312 g/mol. The number of aliphatic hydroxyl groups is 1. The minimum Gasteiger partial charge on any atom is -0.384 e. The van der Waals surface area contributed by atoms with E-state index in [0.717, 1.165) is 35.5 Å². The highest BCUT2D eigenvalue weighted by atomic mass is 79.9. The molecule has 5 aliphatic carbocycles. The molecule has 2 bridgehead atoms. The van der Waals surface area contributed by atoms with Crippen molar-refractivity contribution in [1.82, 2.24) is 0 Å². The van der Waals surface area contributed by atoms with Crippen LogP contribution in [-0.4, -0.2) is 9.43 Å². The molecule has 0 spiro atoms. The molecule has 20 heavy (non-hydrogen) atoms. The first-order chi connectivity index (χ1) is 9.61. The Bertz CT molecular complexity index is 628. The van der Waals surface area contributed by atoms with Crippen LogP contribution in [0, 0.1) is 47.3 Å². The second-order valence-corrected chi connectivity index (χ2v) is 9.43. The number of fused-ring (bicyclic) bond motifs is 2. The van der Waals surface area contributed by atoms with Gasteiger partial charge in [-0.2, -0.15) is 0 Å². The summed E-state index contributed by atoms with van der Waals surface area (Å²) in [5, 5.41) is 11.8. The Labute approximate surface area is 127 Å². The van der Waals surface area contributed by atoms with E-state index in [1.807, 2.05) is 0 Å². The molecule has 2 heteroatoms. The summed E-state index contributed by atoms with van der Waals surface area (Å²) in [6.07, 6.45) is 1.40. The zero-order valence-electron chi connectivity index (χ0n) is 11.5. The molecule has 0 aromatic heterocycles. The van der Waals surface area contributed by atoms with Crippen LogP contribution in [0.5, 0.6) is 0 Å². The van der Waals surface area contributed by atoms with E-state index in [9.17, 15) is 5.11 Å². The number of rotatable bonds is 1. The molecular formula is C18H19BrO. The fourth-order valence-corrected chi connectivity index (χ4v) is 9.67. The van der Waals surface area contributed by atoms with E-state index < -0.39 is 5.60 Å². The van der Waals surface area contributed by atoms with Crippen LogP contribution in [0.2, 0.25) is 0 Å². The highest BCUT2D eigenvalue weighted by Crippen LogP contribution is 2.91. The highest BCUT2D eigenvalue weighted by molar-refractivity contribution is 9.10. The van der Waals surface area contributed by atoms with Crippen molar-refractivity contribution in [3.63, 3.8) is 0 Å². The molecule has 0 amide bonds. The summed E-state index contributed by atoms with van der Waals surface area (Å²) in [5.74, 6) is 5.87. The van der Waals surface area contributed by atoms with Crippen LogP contribution in [0.15, 0.2) is 30.3 Å². The van der Waals surface area contributed by atoms with E-state index in [2.05, 4.69) is 53.2 Å². The van der Waals surface area contributed by atoms with Gasteiger partial charge in [0, 0.05) is 10.2 Å². The van der Waals surface area contributed by atoms with E-state index in [1.54, 1.807) is 0 Å². The van der Waals surface area contributed by atoms with Gasteiger partial charge in [0.15, 0.2) is 0 Å². The van der Waals surface area contributed by atoms with Crippen molar-refractivity contribution >= 4 is 15.9 Å². The van der Waals surface area contributed by atoms with Crippen molar-refractivity contribution < 1.29 is 5.11 Å². The maximum absolute atomic E-state index is 11.8. The molecule has 5 aliphatic rings. The van der Waals surface area contributed by atoms with Gasteiger partial charge in [-0.3, -0.25) is 0 Å². The average molecular weight is 331 g/mol. The third-order valence-electron chi connectivity index (χ3n) is 8.15. The number of halogens is 1. The van der Waals surface area contributed by atoms with E-state index in [4.69, 9.17) is 0 Å². The standard InChI is InChI=1S/C18H19BrO/c1-8-12-10-7-11-13-14(10)17(8,19)16(13)18(20,15(11)12)9-5-3-2-4-6-9/h2-6,8,10-16,20H,7H2,1H3/t8-,10-,11+,12-,13-,14-,15+,16-,17+,18-/m1/s1. The van der Waals surface area contributed by atoms with Gasteiger partial charge in [-0.25, -0.2) is 0 Å². The lowest BCUT2D eigenvalue weighted by Gasteiger charge is -2.60. The van der Waals surface area contributed by atoms with Crippen LogP contribution in [-0.2, 0) is 5.60 Å². The molecule has 10 atom stereocenters. The summed E-state index contributed by atoms with van der Waals surface area (Å²) in [6.45, 7) is 2.45. The van der Waals surface area contributed by atoms with Crippen LogP contribution in [0.4, 0.5) is 0 Å². The lowest BCUT2D eigenvalue weighted by molar-refractivity contribution is -0.136. The van der Waals surface area contributed by atoms with Crippen molar-refractivity contribution in [3.8, 4) is 0 Å². The Morgan fingerprint density at radius 3 is 2.55 bits per heavy atom. The minimum atomic E-state index is -0.557. The quantitative estimate of drug-likeness (QED) is 0.782. The summed E-state index contributed by atoms with van der Waals surface area (Å²) in [4.78, 5) is 0. The van der Waals surface area contributed by atoms with Crippen LogP contribution in [0.1, 0.15) is 18.9 Å². The van der Waals surface area contributed by atoms with Gasteiger partial charge >= 0.3 is 0 Å². The molecule has 104 valence electrons. The first-order valence-electron chi connectivity index (χ1n) is 8.08. The zero-order valence-corrected chi connectivity index (χ0v) is 13.1. The first kappa shape index (κ1) is 11.3. The molecule has 5 saturated carbocycles. The first-order valence-corrected chi connectivity index (χ1v) is 8.87. The third-order valence-corrected chi connectivity index (χ3v) is 9.90. The summed E-state index contributed by atoms with van der Waals surface area (Å²) < 4.78 is 0.235. The molecule has 1 aromatic rings. The Kier molecular flexibility index (Phi) is 1.64. The van der Waals surface area contributed by atoms with Crippen LogP contribution in [0.3, 0.4) is 0 Å². The van der Waals surface area contributed by atoms with Crippen LogP contribution in [0.25, 0.3) is 0 Å². The van der Waals surface area contributed by atoms with Crippen molar-refractivity contribution in [2.45, 2.75) is 23.3 Å². The Hall–Kier alpha value is -0.340. The van der Waals surface area contributed by atoms with Crippen LogP contribution >= 0.6 is 15.9 Å². The fraction of sp³-hybridized carbons (Fsp3) is 0.667. The number of hydrogen-bond acceptors (Lipinski definition) is 1. The van der Waals surface area contributed by atoms with E-state index in [-0.39, 0.29) is 4.32 Å². The predicted octanol–water partition coefficient (Wildman–Crippen LogP) is 3.42. The monoisotopic (exact) mass is 330 g/mol. The summed E-state index contributed by atoms with van der Waals surface area (Å²) >= 11 is 4.16. The van der Waals surface area contributed by atoms with Crippen molar-refractivity contribution in [2.24, 2.45) is 47.3 Å². The molecule has 0 saturated heterocycles. The van der Waals surface area contributed by atoms with Gasteiger partial charge in [0.1, 0.15) is 0 Å². The fourth-order valence-electron chi connectivity index (χ4n) is 8.06. The molecule has 1 N–H and O–H groups in total. The molecule has 0 aliphatic heterocycles. The van der Waals surface area contributed by atoms with Gasteiger partial charge in [-0.05, 0) is 53.4 Å². The largest absolute Gasteiger partial charge is 0.384 e. The van der Waals surface area contributed by atoms with E-state index in [0.29, 0.717) is 11.8 Å². The Morgan fingerprint density at radius 1 is 1.10 bits per heavy atom. The Balaban J connectivity index is 1.63. The summed E-state index contributed by atoms with van der Waals surface area (Å²) in [7, 11) is 0. The van der Waals surface area contributed by atoms with Gasteiger partial charge < -0.3 is 5.11 Å². The van der Waals surface area contributed by atoms with Gasteiger partial charge in [-0.15, -0.1) is 0 Å². The lowest BCUT2D eigenvalue weighted by Crippen LogP contribution is -2.64. The number of alkyl halides is 1. The third kappa shape index (κ3) is 0.772. The number of hydrogen-bond donors (Lipinski definition) is 1. The second-order valence-electron chi connectivity index (χ2n) is 8.05. The maximum atomic E-state index is 11.8. The summed E-state index contributed by atoms with van der Waals surface area (Å²) in [6, 6.07) is 10.6. The Morgan fingerprint density at radius 2 is 1.80 bits per heavy atom. The van der Waals surface area contributed by atoms with Gasteiger partial charge in [-0.1, -0.05) is 53.2 Å². The maximum Gasteiger partial charge on any atom is 0.0974 e. The topological polar surface area (TPSA) is 20.2 Å². The zero-order chi connectivity index (χ0) is 13.4. The molecule has 1 aromatic carbocycles. The van der Waals surface area contributed by atoms with Crippen molar-refractivity contribution in [1.29, 1.82) is 0 Å². The van der Waals surface area contributed by atoms with Gasteiger partial charge in [0.05, 0.1) is 5.60 Å². The van der Waals surface area contributed by atoms with E-state index in [1.165, 1.54) is 12.0 Å². The number of benzene rings is 1. The van der Waals surface area contributed by atoms with Crippen molar-refractivity contribution in [3.05, 3.63) is 35.9 Å². The average Bonchev–Trinajstić information content (AvgIpc) is 3.01. The van der Waals surface area contributed by atoms with Crippen LogP contribution < -0.4 is 0 Å². The molecule has 0 unspecified atom stereocenters. The van der Waals surface area contributed by atoms with Crippen molar-refractivity contribution in [2.75, 3.05) is 0 Å². The second kappa shape index (κ2) is 2.92. The van der Waals surface area contributed by atoms with E-state index >= 15 is 0 Å². The molecule has 1 nitrogen and oxygen atoms in total. The molecule has 0 heterocycles. The lowest BCUT2D eigenvalue weighted by atomic mass is 9.52. The predicted molar refractivity (Wildman–Crippen MR) is 80.2 cm³/mol. The van der Waals surface area contributed by atoms with Gasteiger partial charge in [0.25, 0.3) is 0 Å².